The molecule has 3 rings (SSSR count). The average molecular weight is 653 g/mol. The first-order valence-electron chi connectivity index (χ1n) is 16.9. The molecule has 1 atom stereocenters. The van der Waals surface area contributed by atoms with Crippen molar-refractivity contribution in [3.05, 3.63) is 71.8 Å². The Balaban J connectivity index is 1.81. The van der Waals surface area contributed by atoms with Crippen LogP contribution in [0, 0.1) is 0 Å². The van der Waals surface area contributed by atoms with Gasteiger partial charge in [-0.25, -0.2) is 9.59 Å². The number of hydrogen-bond acceptors (Lipinski definition) is 9. The molecule has 260 valence electrons. The molecule has 0 radical (unpaired) electrons. The summed E-state index contributed by atoms with van der Waals surface area (Å²) in [7, 11) is -0.336. The van der Waals surface area contributed by atoms with Crippen LogP contribution in [0.1, 0.15) is 85.8 Å². The van der Waals surface area contributed by atoms with Crippen LogP contribution >= 0.6 is 0 Å². The van der Waals surface area contributed by atoms with Crippen molar-refractivity contribution in [3.8, 4) is 0 Å². The molecule has 0 spiro atoms. The second-order valence-corrected chi connectivity index (χ2v) is 14.3. The van der Waals surface area contributed by atoms with Crippen molar-refractivity contribution in [1.29, 1.82) is 0 Å². The predicted octanol–water partition coefficient (Wildman–Crippen LogP) is 5.87. The average Bonchev–Trinajstić information content (AvgIpc) is 3.20. The SMILES string of the molecule is CCOC(=O)C(CCCCB1OC(C)(C)C(C)(C)O1)(CN(CNCc1ccccc1)CNCc1ccccc1)NC(=O)OC(C)(C)C. The Labute approximate surface area is 282 Å². The lowest BCUT2D eigenvalue weighted by Gasteiger charge is -2.38. The van der Waals surface area contributed by atoms with Gasteiger partial charge in [-0.1, -0.05) is 73.5 Å². The number of esters is 1. The smallest absolute Gasteiger partial charge is 0.457 e. The maximum atomic E-state index is 13.9. The Morgan fingerprint density at radius 3 is 1.81 bits per heavy atom. The fourth-order valence-electron chi connectivity index (χ4n) is 5.45. The minimum Gasteiger partial charge on any atom is -0.464 e. The number of unbranched alkanes of at least 4 members (excludes halogenated alkanes) is 1. The summed E-state index contributed by atoms with van der Waals surface area (Å²) in [5, 5.41) is 10.0. The molecule has 2 aromatic rings. The molecule has 2 aromatic carbocycles. The van der Waals surface area contributed by atoms with Crippen LogP contribution in [0.5, 0.6) is 0 Å². The second kappa shape index (κ2) is 17.4. The zero-order valence-corrected chi connectivity index (χ0v) is 29.8. The van der Waals surface area contributed by atoms with Crippen LogP contribution in [0.2, 0.25) is 6.32 Å². The van der Waals surface area contributed by atoms with E-state index in [1.807, 2.05) is 64.1 Å². The second-order valence-electron chi connectivity index (χ2n) is 14.3. The molecular weight excluding hydrogens is 595 g/mol. The van der Waals surface area contributed by atoms with Crippen molar-refractivity contribution in [2.75, 3.05) is 26.5 Å². The summed E-state index contributed by atoms with van der Waals surface area (Å²) in [6.45, 7) is 17.9. The molecule has 47 heavy (non-hydrogen) atoms. The third-order valence-electron chi connectivity index (χ3n) is 8.51. The van der Waals surface area contributed by atoms with E-state index in [1.165, 1.54) is 0 Å². The number of nitrogens with one attached hydrogen (secondary N) is 3. The number of benzene rings is 2. The highest BCUT2D eigenvalue weighted by Crippen LogP contribution is 2.38. The number of rotatable bonds is 18. The van der Waals surface area contributed by atoms with Crippen LogP contribution in [-0.2, 0) is 36.7 Å². The summed E-state index contributed by atoms with van der Waals surface area (Å²) >= 11 is 0. The summed E-state index contributed by atoms with van der Waals surface area (Å²) in [5.41, 5.74) is -0.631. The van der Waals surface area contributed by atoms with Gasteiger partial charge in [0.25, 0.3) is 0 Å². The molecule has 1 saturated heterocycles. The van der Waals surface area contributed by atoms with E-state index >= 15 is 0 Å². The first-order valence-corrected chi connectivity index (χ1v) is 16.9. The number of ether oxygens (including phenoxy) is 2. The summed E-state index contributed by atoms with van der Waals surface area (Å²) in [6, 6.07) is 20.3. The Hall–Kier alpha value is -2.96. The highest BCUT2D eigenvalue weighted by atomic mass is 16.7. The lowest BCUT2D eigenvalue weighted by atomic mass is 9.80. The Morgan fingerprint density at radius 2 is 1.34 bits per heavy atom. The van der Waals surface area contributed by atoms with Crippen LogP contribution < -0.4 is 16.0 Å². The van der Waals surface area contributed by atoms with Gasteiger partial charge in [0.1, 0.15) is 5.60 Å². The van der Waals surface area contributed by atoms with Crippen LogP contribution in [0.3, 0.4) is 0 Å². The van der Waals surface area contributed by atoms with E-state index in [9.17, 15) is 9.59 Å². The molecule has 0 saturated carbocycles. The van der Waals surface area contributed by atoms with Gasteiger partial charge in [-0.05, 0) is 79.3 Å². The summed E-state index contributed by atoms with van der Waals surface area (Å²) in [4.78, 5) is 29.3. The van der Waals surface area contributed by atoms with Crippen molar-refractivity contribution >= 4 is 19.2 Å². The third-order valence-corrected chi connectivity index (χ3v) is 8.51. The van der Waals surface area contributed by atoms with Gasteiger partial charge >= 0.3 is 19.2 Å². The zero-order valence-electron chi connectivity index (χ0n) is 29.8. The predicted molar refractivity (Wildman–Crippen MR) is 186 cm³/mol. The lowest BCUT2D eigenvalue weighted by molar-refractivity contribution is -0.152. The fraction of sp³-hybridized carbons (Fsp3) is 0.611. The molecular formula is C36H57BN4O6. The summed E-state index contributed by atoms with van der Waals surface area (Å²) in [5.74, 6) is -0.488. The lowest BCUT2D eigenvalue weighted by Crippen LogP contribution is -2.63. The Kier molecular flexibility index (Phi) is 14.3. The van der Waals surface area contributed by atoms with E-state index in [2.05, 4.69) is 45.1 Å². The molecule has 11 heteroatoms. The van der Waals surface area contributed by atoms with E-state index < -0.39 is 34.4 Å². The number of carbonyl (C=O) groups excluding carboxylic acids is 2. The maximum absolute atomic E-state index is 13.9. The zero-order chi connectivity index (χ0) is 34.6. The Morgan fingerprint density at radius 1 is 0.830 bits per heavy atom. The Bertz CT molecular complexity index is 1180. The van der Waals surface area contributed by atoms with Gasteiger partial charge in [-0.15, -0.1) is 0 Å². The van der Waals surface area contributed by atoms with Gasteiger partial charge in [0, 0.05) is 33.0 Å². The largest absolute Gasteiger partial charge is 0.464 e. The van der Waals surface area contributed by atoms with Gasteiger partial charge in [-0.2, -0.15) is 0 Å². The minimum absolute atomic E-state index is 0.184. The van der Waals surface area contributed by atoms with Gasteiger partial charge in [-0.3, -0.25) is 4.90 Å². The van der Waals surface area contributed by atoms with Crippen molar-refractivity contribution in [2.45, 2.75) is 116 Å². The molecule has 0 aromatic heterocycles. The summed E-state index contributed by atoms with van der Waals surface area (Å²) in [6.07, 6.45) is 1.71. The number of carbonyl (C=O) groups is 2. The molecule has 0 aliphatic carbocycles. The topological polar surface area (TPSA) is 110 Å². The van der Waals surface area contributed by atoms with Crippen LogP contribution in [0.15, 0.2) is 60.7 Å². The van der Waals surface area contributed by atoms with E-state index in [-0.39, 0.29) is 20.3 Å². The van der Waals surface area contributed by atoms with E-state index in [4.69, 9.17) is 18.8 Å². The van der Waals surface area contributed by atoms with E-state index in [0.717, 1.165) is 17.5 Å². The first-order chi connectivity index (χ1) is 22.1. The van der Waals surface area contributed by atoms with Gasteiger partial charge < -0.3 is 34.7 Å². The number of alkyl carbamates (subject to hydrolysis) is 1. The summed E-state index contributed by atoms with van der Waals surface area (Å²) < 4.78 is 23.7. The van der Waals surface area contributed by atoms with Crippen LogP contribution in [-0.4, -0.2) is 72.9 Å². The normalized spacial score (nSPS) is 16.9. The molecule has 1 heterocycles. The van der Waals surface area contributed by atoms with Crippen molar-refractivity contribution in [1.82, 2.24) is 20.9 Å². The van der Waals surface area contributed by atoms with E-state index in [1.54, 1.807) is 27.7 Å². The highest BCUT2D eigenvalue weighted by Gasteiger charge is 2.50. The molecule has 1 unspecified atom stereocenters. The molecule has 1 fully saturated rings. The standard InChI is InChI=1S/C36H57BN4O6/c1-9-44-31(42)36(40-32(43)45-33(2,3)4,22-16-17-23-37-46-34(5,6)35(7,8)47-37)26-41(27-38-24-29-18-12-10-13-19-29)28-39-25-30-20-14-11-15-21-30/h10-15,18-21,38-39H,9,16-17,22-28H2,1-8H3,(H,40,43). The van der Waals surface area contributed by atoms with Crippen molar-refractivity contribution in [2.24, 2.45) is 0 Å². The molecule has 0 bridgehead atoms. The number of amides is 1. The first kappa shape index (κ1) is 38.5. The van der Waals surface area contributed by atoms with Crippen molar-refractivity contribution < 1.29 is 28.4 Å². The fourth-order valence-corrected chi connectivity index (χ4v) is 5.45. The van der Waals surface area contributed by atoms with Gasteiger partial charge in [0.15, 0.2) is 5.54 Å². The van der Waals surface area contributed by atoms with E-state index in [0.29, 0.717) is 45.6 Å². The third kappa shape index (κ3) is 12.5. The monoisotopic (exact) mass is 652 g/mol. The van der Waals surface area contributed by atoms with Gasteiger partial charge in [0.2, 0.25) is 0 Å². The highest BCUT2D eigenvalue weighted by molar-refractivity contribution is 6.45. The number of hydrogen-bond donors (Lipinski definition) is 3. The van der Waals surface area contributed by atoms with Crippen LogP contribution in [0.4, 0.5) is 4.79 Å². The maximum Gasteiger partial charge on any atom is 0.457 e. The minimum atomic E-state index is -1.36. The molecule has 1 aliphatic rings. The van der Waals surface area contributed by atoms with Gasteiger partial charge in [0.05, 0.1) is 17.8 Å². The quantitative estimate of drug-likeness (QED) is 0.0788. The molecule has 3 N–H and O–H groups in total. The molecule has 1 aliphatic heterocycles. The molecule has 10 nitrogen and oxygen atoms in total. The van der Waals surface area contributed by atoms with Crippen molar-refractivity contribution in [3.63, 3.8) is 0 Å². The van der Waals surface area contributed by atoms with Crippen LogP contribution in [0.25, 0.3) is 0 Å². The number of nitrogens with zero attached hydrogens (tertiary/aromatic N) is 1. The molecule has 1 amide bonds.